The molecule has 2 rings (SSSR count). The monoisotopic (exact) mass is 450 g/mol. The van der Waals surface area contributed by atoms with Crippen LogP contribution in [0.15, 0.2) is 36.4 Å². The molecule has 10 nitrogen and oxygen atoms in total. The van der Waals surface area contributed by atoms with Crippen LogP contribution in [0.1, 0.15) is 15.9 Å². The van der Waals surface area contributed by atoms with Crippen LogP contribution in [0.25, 0.3) is 0 Å². The number of nitro groups is 1. The van der Waals surface area contributed by atoms with E-state index in [2.05, 4.69) is 10.6 Å². The van der Waals surface area contributed by atoms with Gasteiger partial charge in [0.05, 0.1) is 15.5 Å². The van der Waals surface area contributed by atoms with Gasteiger partial charge in [-0.3, -0.25) is 24.5 Å². The highest BCUT2D eigenvalue weighted by Gasteiger charge is 2.17. The number of rotatable bonds is 7. The number of anilines is 1. The molecule has 0 aliphatic heterocycles. The molecule has 0 saturated heterocycles. The van der Waals surface area contributed by atoms with Crippen molar-refractivity contribution in [1.29, 1.82) is 5.26 Å². The molecule has 0 radical (unpaired) electrons. The molecule has 0 aromatic heterocycles. The quantitative estimate of drug-likeness (QED) is 0.373. The van der Waals surface area contributed by atoms with Crippen LogP contribution in [-0.2, 0) is 14.3 Å². The minimum absolute atomic E-state index is 0.0747. The van der Waals surface area contributed by atoms with Crippen molar-refractivity contribution in [3.8, 4) is 6.07 Å². The van der Waals surface area contributed by atoms with E-state index in [1.165, 1.54) is 30.3 Å². The molecule has 0 aliphatic rings. The van der Waals surface area contributed by atoms with Crippen LogP contribution >= 0.6 is 23.2 Å². The van der Waals surface area contributed by atoms with Gasteiger partial charge in [0.15, 0.2) is 6.61 Å². The fourth-order valence-electron chi connectivity index (χ4n) is 2.13. The summed E-state index contributed by atoms with van der Waals surface area (Å²) in [4.78, 5) is 45.6. The molecule has 30 heavy (non-hydrogen) atoms. The van der Waals surface area contributed by atoms with Crippen molar-refractivity contribution in [3.63, 3.8) is 0 Å². The zero-order chi connectivity index (χ0) is 22.3. The number of nitrogens with one attached hydrogen (secondary N) is 2. The molecular weight excluding hydrogens is 439 g/mol. The summed E-state index contributed by atoms with van der Waals surface area (Å²) < 4.78 is 4.74. The van der Waals surface area contributed by atoms with Crippen LogP contribution in [0.5, 0.6) is 0 Å². The van der Waals surface area contributed by atoms with Gasteiger partial charge in [0.1, 0.15) is 17.6 Å². The number of halogens is 2. The molecule has 12 heteroatoms. The Morgan fingerprint density at radius 1 is 1.13 bits per heavy atom. The van der Waals surface area contributed by atoms with E-state index < -0.39 is 41.5 Å². The topological polar surface area (TPSA) is 151 Å². The number of carbonyl (C=O) groups is 3. The van der Waals surface area contributed by atoms with Crippen LogP contribution in [0.4, 0.5) is 11.4 Å². The van der Waals surface area contributed by atoms with Crippen LogP contribution in [0, 0.1) is 21.4 Å². The van der Waals surface area contributed by atoms with Crippen LogP contribution in [0.3, 0.4) is 0 Å². The first-order chi connectivity index (χ1) is 14.2. The van der Waals surface area contributed by atoms with Gasteiger partial charge in [-0.05, 0) is 30.3 Å². The third-order valence-corrected chi connectivity index (χ3v) is 4.17. The Morgan fingerprint density at radius 2 is 1.87 bits per heavy atom. The van der Waals surface area contributed by atoms with Gasteiger partial charge < -0.3 is 15.4 Å². The second-order valence-electron chi connectivity index (χ2n) is 5.62. The smallest absolute Gasteiger partial charge is 0.325 e. The van der Waals surface area contributed by atoms with E-state index in [-0.39, 0.29) is 21.2 Å². The molecule has 0 unspecified atom stereocenters. The highest BCUT2D eigenvalue weighted by atomic mass is 35.5. The number of carbonyl (C=O) groups excluding carboxylic acids is 3. The summed E-state index contributed by atoms with van der Waals surface area (Å²) in [6.45, 7) is -1.19. The van der Waals surface area contributed by atoms with E-state index in [0.29, 0.717) is 5.69 Å². The van der Waals surface area contributed by atoms with Gasteiger partial charge in [0.25, 0.3) is 17.5 Å². The van der Waals surface area contributed by atoms with Crippen LogP contribution in [0.2, 0.25) is 10.0 Å². The first kappa shape index (κ1) is 22.6. The van der Waals surface area contributed by atoms with Crippen molar-refractivity contribution in [2.24, 2.45) is 0 Å². The summed E-state index contributed by atoms with van der Waals surface area (Å²) >= 11 is 11.5. The van der Waals surface area contributed by atoms with Gasteiger partial charge in [-0.15, -0.1) is 0 Å². The van der Waals surface area contributed by atoms with Crippen LogP contribution in [-0.4, -0.2) is 35.9 Å². The van der Waals surface area contributed by atoms with E-state index in [0.717, 1.165) is 6.07 Å². The van der Waals surface area contributed by atoms with Crippen molar-refractivity contribution in [3.05, 3.63) is 67.7 Å². The Morgan fingerprint density at radius 3 is 2.50 bits per heavy atom. The van der Waals surface area contributed by atoms with E-state index >= 15 is 0 Å². The Labute approximate surface area is 179 Å². The molecule has 2 aromatic rings. The number of nitrogens with zero attached hydrogens (tertiary/aromatic N) is 2. The summed E-state index contributed by atoms with van der Waals surface area (Å²) in [5, 5.41) is 24.3. The normalized spacial score (nSPS) is 9.90. The van der Waals surface area contributed by atoms with Gasteiger partial charge >= 0.3 is 5.97 Å². The van der Waals surface area contributed by atoms with Crippen LogP contribution < -0.4 is 10.6 Å². The van der Waals surface area contributed by atoms with Gasteiger partial charge in [-0.1, -0.05) is 23.2 Å². The standard InChI is InChI=1S/C18H12Cl2N4O6/c19-13-4-2-10(5-15(13)24(28)29)18(27)22-8-17(26)30-9-16(25)23-12-3-1-11(7-21)14(20)6-12/h1-6H,8-9H2,(H,22,27)(H,23,25). The van der Waals surface area contributed by atoms with E-state index in [1.807, 2.05) is 6.07 Å². The van der Waals surface area contributed by atoms with E-state index in [4.69, 9.17) is 33.2 Å². The Balaban J connectivity index is 1.82. The molecule has 0 fully saturated rings. The molecule has 2 N–H and O–H groups in total. The lowest BCUT2D eigenvalue weighted by Gasteiger charge is -2.08. The Kier molecular flexibility index (Phi) is 7.69. The molecule has 0 atom stereocenters. The average molecular weight is 451 g/mol. The number of nitriles is 1. The molecule has 0 spiro atoms. The molecule has 154 valence electrons. The molecular formula is C18H12Cl2N4O6. The van der Waals surface area contributed by atoms with Crippen molar-refractivity contribution in [1.82, 2.24) is 5.32 Å². The number of benzene rings is 2. The first-order valence-electron chi connectivity index (χ1n) is 8.08. The fourth-order valence-corrected chi connectivity index (χ4v) is 2.54. The second-order valence-corrected chi connectivity index (χ2v) is 6.44. The van der Waals surface area contributed by atoms with Crippen molar-refractivity contribution < 1.29 is 24.0 Å². The summed E-state index contributed by atoms with van der Waals surface area (Å²) in [5.41, 5.74) is 0.0151. The highest BCUT2D eigenvalue weighted by molar-refractivity contribution is 6.33. The van der Waals surface area contributed by atoms with Gasteiger partial charge in [-0.2, -0.15) is 5.26 Å². The number of nitro benzene ring substituents is 1. The lowest BCUT2D eigenvalue weighted by Crippen LogP contribution is -2.32. The summed E-state index contributed by atoms with van der Waals surface area (Å²) in [6.07, 6.45) is 0. The number of hydrogen-bond donors (Lipinski definition) is 2. The summed E-state index contributed by atoms with van der Waals surface area (Å²) in [5.74, 6) is -2.33. The number of ether oxygens (including phenoxy) is 1. The van der Waals surface area contributed by atoms with E-state index in [1.54, 1.807) is 0 Å². The molecule has 0 aliphatic carbocycles. The Hall–Kier alpha value is -3.68. The van der Waals surface area contributed by atoms with Crippen molar-refractivity contribution in [2.75, 3.05) is 18.5 Å². The first-order valence-corrected chi connectivity index (χ1v) is 8.84. The SMILES string of the molecule is N#Cc1ccc(NC(=O)COC(=O)CNC(=O)c2ccc(Cl)c([N+](=O)[O-])c2)cc1Cl. The lowest BCUT2D eigenvalue weighted by molar-refractivity contribution is -0.384. The molecule has 2 amide bonds. The predicted octanol–water partition coefficient (Wildman–Crippen LogP) is 2.68. The van der Waals surface area contributed by atoms with Gasteiger partial charge in [-0.25, -0.2) is 0 Å². The lowest BCUT2D eigenvalue weighted by atomic mass is 10.2. The maximum Gasteiger partial charge on any atom is 0.325 e. The maximum absolute atomic E-state index is 12.0. The molecule has 0 heterocycles. The third kappa shape index (κ3) is 6.16. The summed E-state index contributed by atoms with van der Waals surface area (Å²) in [7, 11) is 0. The minimum atomic E-state index is -0.903. The average Bonchev–Trinajstić information content (AvgIpc) is 2.70. The van der Waals surface area contributed by atoms with Crippen molar-refractivity contribution in [2.45, 2.75) is 0 Å². The highest BCUT2D eigenvalue weighted by Crippen LogP contribution is 2.25. The number of hydrogen-bond acceptors (Lipinski definition) is 7. The van der Waals surface area contributed by atoms with E-state index in [9.17, 15) is 24.5 Å². The zero-order valence-electron chi connectivity index (χ0n) is 15.0. The van der Waals surface area contributed by atoms with Crippen molar-refractivity contribution >= 4 is 52.4 Å². The molecule has 2 aromatic carbocycles. The van der Waals surface area contributed by atoms with Gasteiger partial charge in [0.2, 0.25) is 0 Å². The number of esters is 1. The largest absolute Gasteiger partial charge is 0.454 e. The summed E-state index contributed by atoms with van der Waals surface area (Å²) in [6, 6.07) is 9.53. The third-order valence-electron chi connectivity index (χ3n) is 3.54. The number of amides is 2. The molecule has 0 saturated carbocycles. The zero-order valence-corrected chi connectivity index (χ0v) is 16.5. The van der Waals surface area contributed by atoms with Gasteiger partial charge in [0, 0.05) is 17.3 Å². The Bertz CT molecular complexity index is 1070. The fraction of sp³-hybridized carbons (Fsp3) is 0.111. The second kappa shape index (κ2) is 10.2. The minimum Gasteiger partial charge on any atom is -0.454 e. The maximum atomic E-state index is 12.0. The molecule has 0 bridgehead atoms. The predicted molar refractivity (Wildman–Crippen MR) is 106 cm³/mol.